The maximum atomic E-state index is 12.2. The Labute approximate surface area is 253 Å². The van der Waals surface area contributed by atoms with Crippen LogP contribution >= 0.6 is 0 Å². The maximum Gasteiger partial charge on any atom is 0.483 e. The van der Waals surface area contributed by atoms with Crippen molar-refractivity contribution in [1.82, 2.24) is 0 Å². The van der Waals surface area contributed by atoms with Gasteiger partial charge in [0.2, 0.25) is 0 Å². The Balaban J connectivity index is 1.93. The van der Waals surface area contributed by atoms with Crippen LogP contribution in [0.25, 0.3) is 0 Å². The van der Waals surface area contributed by atoms with Crippen LogP contribution in [0.15, 0.2) is 0 Å². The van der Waals surface area contributed by atoms with Crippen LogP contribution in [0.3, 0.4) is 0 Å². The van der Waals surface area contributed by atoms with Gasteiger partial charge in [0.1, 0.15) is 0 Å². The van der Waals surface area contributed by atoms with Crippen LogP contribution in [0.4, 0.5) is 0 Å². The summed E-state index contributed by atoms with van der Waals surface area (Å²) in [5.41, 5.74) is 0. The SMILES string of the molecule is CC[Si]1(O)O[Si]2(CC)O[Si]3(CC)O[Si]4(CC)O[Si](CC)(O1)O[Si]1(CC)O[Si](CC)(O2)O[Si](CC)(O3)O[Si](CC)(O4)O1. The molecule has 0 radical (unpaired) electrons. The first-order valence-electron chi connectivity index (χ1n) is 15.1. The third-order valence-electron chi connectivity index (χ3n) is 7.96. The predicted octanol–water partition coefficient (Wildman–Crippen LogP) is 3.89. The van der Waals surface area contributed by atoms with E-state index in [0.29, 0.717) is 48.4 Å². The second-order valence-electron chi connectivity index (χ2n) is 10.7. The quantitative estimate of drug-likeness (QED) is 0.342. The molecule has 6 aliphatic rings. The highest BCUT2D eigenvalue weighted by Crippen LogP contribution is 2.51. The van der Waals surface area contributed by atoms with E-state index in [-0.39, 0.29) is 6.04 Å². The molecule has 6 rings (SSSR count). The summed E-state index contributed by atoms with van der Waals surface area (Å²) in [6.45, 7) is 17.3. The van der Waals surface area contributed by atoms with Gasteiger partial charge in [-0.25, -0.2) is 0 Å². The van der Waals surface area contributed by atoms with E-state index in [2.05, 4.69) is 0 Å². The fourth-order valence-electron chi connectivity index (χ4n) is 5.49. The van der Waals surface area contributed by atoms with Gasteiger partial charge in [0.15, 0.2) is 0 Å². The molecule has 41 heavy (non-hydrogen) atoms. The first-order valence-corrected chi connectivity index (χ1v) is 32.5. The maximum absolute atomic E-state index is 12.2. The molecule has 23 heteroatoms. The van der Waals surface area contributed by atoms with Crippen LogP contribution in [0, 0.1) is 0 Å². The molecule has 0 aromatic carbocycles. The average molecular weight is 739 g/mol. The average Bonchev–Trinajstić information content (AvgIpc) is 2.93. The Kier molecular flexibility index (Phi) is 9.28. The molecule has 8 bridgehead atoms. The third-order valence-corrected chi connectivity index (χ3v) is 48.2. The zero-order valence-electron chi connectivity index (χ0n) is 25.6. The standard InChI is InChI=1S/C18H46O14Si9/c1-10-33(19)20-34(11-2)22-36(13-4)26-38(15-6)24-35(12-3,21-33)25-39(16-7)27-37(14-5,23-34)29-40(17-8,28-36)32-41(18-9,30-38)31-39/h19H,10-18H2,1-9H3. The summed E-state index contributed by atoms with van der Waals surface area (Å²) in [7, 11) is -34.4. The van der Waals surface area contributed by atoms with Crippen molar-refractivity contribution in [1.29, 1.82) is 0 Å². The molecule has 238 valence electrons. The summed E-state index contributed by atoms with van der Waals surface area (Å²) in [5.74, 6) is 0. The van der Waals surface area contributed by atoms with Gasteiger partial charge in [0.05, 0.1) is 0 Å². The van der Waals surface area contributed by atoms with Crippen LogP contribution in [-0.4, -0.2) is 84.0 Å². The molecule has 0 aromatic rings. The van der Waals surface area contributed by atoms with E-state index in [1.54, 1.807) is 0 Å². The zero-order chi connectivity index (χ0) is 30.1. The minimum absolute atomic E-state index is 0.189. The Morgan fingerprint density at radius 1 is 0.268 bits per heavy atom. The second-order valence-corrected chi connectivity index (χ2v) is 40.0. The molecule has 4 atom stereocenters. The molecule has 0 aromatic heterocycles. The van der Waals surface area contributed by atoms with Gasteiger partial charge < -0.3 is 58.3 Å². The molecular formula is C18H46O14Si9. The van der Waals surface area contributed by atoms with E-state index in [1.165, 1.54) is 0 Å². The summed E-state index contributed by atoms with van der Waals surface area (Å²) < 4.78 is 91.2. The smallest absolute Gasteiger partial charge is 0.391 e. The summed E-state index contributed by atoms with van der Waals surface area (Å²) in [5, 5.41) is 0. The van der Waals surface area contributed by atoms with Gasteiger partial charge >= 0.3 is 79.2 Å². The van der Waals surface area contributed by atoms with Crippen molar-refractivity contribution in [2.75, 3.05) is 0 Å². The molecule has 0 aliphatic carbocycles. The topological polar surface area (TPSA) is 140 Å². The van der Waals surface area contributed by atoms with Crippen molar-refractivity contribution in [2.24, 2.45) is 0 Å². The van der Waals surface area contributed by atoms with Crippen LogP contribution in [0.2, 0.25) is 54.4 Å². The first-order chi connectivity index (χ1) is 19.2. The Morgan fingerprint density at radius 3 is 0.537 bits per heavy atom. The van der Waals surface area contributed by atoms with Crippen LogP contribution < -0.4 is 0 Å². The van der Waals surface area contributed by atoms with Gasteiger partial charge in [0, 0.05) is 54.4 Å². The van der Waals surface area contributed by atoms with Gasteiger partial charge in [-0.1, -0.05) is 62.3 Å². The molecule has 4 unspecified atom stereocenters. The van der Waals surface area contributed by atoms with Crippen molar-refractivity contribution in [3.05, 3.63) is 0 Å². The number of hydrogen-bond acceptors (Lipinski definition) is 14. The van der Waals surface area contributed by atoms with Crippen molar-refractivity contribution in [3.63, 3.8) is 0 Å². The van der Waals surface area contributed by atoms with Gasteiger partial charge in [-0.15, -0.1) is 0 Å². The van der Waals surface area contributed by atoms with E-state index in [0.717, 1.165) is 0 Å². The predicted molar refractivity (Wildman–Crippen MR) is 162 cm³/mol. The van der Waals surface area contributed by atoms with Gasteiger partial charge in [-0.3, -0.25) is 0 Å². The minimum atomic E-state index is -4.05. The number of rotatable bonds is 9. The summed E-state index contributed by atoms with van der Waals surface area (Å²) in [4.78, 5) is 12.2. The van der Waals surface area contributed by atoms with E-state index >= 15 is 0 Å². The molecule has 14 nitrogen and oxygen atoms in total. The monoisotopic (exact) mass is 738 g/mol. The van der Waals surface area contributed by atoms with Crippen molar-refractivity contribution >= 4 is 79.2 Å². The lowest BCUT2D eigenvalue weighted by Gasteiger charge is -2.61. The van der Waals surface area contributed by atoms with Crippen molar-refractivity contribution in [2.45, 2.75) is 117 Å². The number of hydrogen-bond donors (Lipinski definition) is 1. The van der Waals surface area contributed by atoms with Crippen molar-refractivity contribution in [3.8, 4) is 0 Å². The highest BCUT2D eigenvalue weighted by Gasteiger charge is 2.80. The molecule has 6 fully saturated rings. The second kappa shape index (κ2) is 11.3. The molecule has 0 saturated carbocycles. The lowest BCUT2D eigenvalue weighted by Crippen LogP contribution is -2.86. The highest BCUT2D eigenvalue weighted by atomic mass is 28.6. The molecular weight excluding hydrogens is 693 g/mol. The van der Waals surface area contributed by atoms with E-state index in [9.17, 15) is 4.80 Å². The zero-order valence-corrected chi connectivity index (χ0v) is 34.6. The van der Waals surface area contributed by atoms with E-state index in [1.807, 2.05) is 62.3 Å². The fraction of sp³-hybridized carbons (Fsp3) is 1.00. The largest absolute Gasteiger partial charge is 0.483 e. The molecule has 1 N–H and O–H groups in total. The number of fused-ring (bicyclic) bond motifs is 2. The highest BCUT2D eigenvalue weighted by molar-refractivity contribution is 7.02. The first kappa shape index (κ1) is 33.7. The lowest BCUT2D eigenvalue weighted by molar-refractivity contribution is -0.0194. The van der Waals surface area contributed by atoms with Crippen molar-refractivity contribution < 1.29 is 58.3 Å². The molecule has 6 saturated heterocycles. The van der Waals surface area contributed by atoms with Crippen LogP contribution in [0.5, 0.6) is 0 Å². The summed E-state index contributed by atoms with van der Waals surface area (Å²) in [6.07, 6.45) is 0. The van der Waals surface area contributed by atoms with Crippen LogP contribution in [-0.2, 0) is 53.5 Å². The summed E-state index contributed by atoms with van der Waals surface area (Å²) >= 11 is 0. The normalized spacial score (nSPS) is 53.1. The lowest BCUT2D eigenvalue weighted by atomic mass is 11.0. The summed E-state index contributed by atoms with van der Waals surface area (Å²) in [6, 6.07) is 2.98. The third kappa shape index (κ3) is 5.67. The molecule has 6 aliphatic heterocycles. The Bertz CT molecular complexity index is 845. The fourth-order valence-corrected chi connectivity index (χ4v) is 58.8. The molecule has 0 spiro atoms. The van der Waals surface area contributed by atoms with Gasteiger partial charge in [-0.2, -0.15) is 0 Å². The van der Waals surface area contributed by atoms with E-state index < -0.39 is 79.2 Å². The Hall–Kier alpha value is 1.39. The van der Waals surface area contributed by atoms with Crippen LogP contribution in [0.1, 0.15) is 62.3 Å². The molecule has 6 heterocycles. The minimum Gasteiger partial charge on any atom is -0.391 e. The molecule has 0 amide bonds. The van der Waals surface area contributed by atoms with Gasteiger partial charge in [0.25, 0.3) is 0 Å². The Morgan fingerprint density at radius 2 is 0.415 bits per heavy atom. The van der Waals surface area contributed by atoms with Gasteiger partial charge in [-0.05, 0) is 0 Å². The van der Waals surface area contributed by atoms with E-state index in [4.69, 9.17) is 53.5 Å².